The van der Waals surface area contributed by atoms with E-state index in [1.807, 2.05) is 35.4 Å². The highest BCUT2D eigenvalue weighted by Crippen LogP contribution is 2.27. The van der Waals surface area contributed by atoms with Gasteiger partial charge in [0.05, 0.1) is 17.9 Å². The SMILES string of the molecule is CCCOc1ccccc1C(=O)N1CCc2cnc(N3CCN(C4CCC4)CC3)nc2CC1. The first-order valence-corrected chi connectivity index (χ1v) is 12.6. The first-order valence-electron chi connectivity index (χ1n) is 12.6. The molecular formula is C26H35N5O2. The van der Waals surface area contributed by atoms with Crippen LogP contribution >= 0.6 is 0 Å². The normalized spacial score (nSPS) is 19.5. The molecule has 0 unspecified atom stereocenters. The number of rotatable bonds is 6. The van der Waals surface area contributed by atoms with E-state index in [0.29, 0.717) is 31.0 Å². The maximum Gasteiger partial charge on any atom is 0.257 e. The number of hydrogen-bond donors (Lipinski definition) is 0. The zero-order valence-corrected chi connectivity index (χ0v) is 19.7. The Balaban J connectivity index is 1.23. The second-order valence-corrected chi connectivity index (χ2v) is 9.39. The fourth-order valence-corrected chi connectivity index (χ4v) is 5.01. The Kier molecular flexibility index (Phi) is 6.76. The van der Waals surface area contributed by atoms with Gasteiger partial charge in [0, 0.05) is 57.9 Å². The van der Waals surface area contributed by atoms with Crippen LogP contribution in [0.25, 0.3) is 0 Å². The zero-order valence-electron chi connectivity index (χ0n) is 19.7. The van der Waals surface area contributed by atoms with E-state index in [-0.39, 0.29) is 5.91 Å². The quantitative estimate of drug-likeness (QED) is 0.675. The highest BCUT2D eigenvalue weighted by molar-refractivity contribution is 5.97. The summed E-state index contributed by atoms with van der Waals surface area (Å²) in [5.74, 6) is 1.56. The first kappa shape index (κ1) is 22.1. The Morgan fingerprint density at radius 2 is 1.85 bits per heavy atom. The van der Waals surface area contributed by atoms with Gasteiger partial charge in [-0.1, -0.05) is 25.5 Å². The van der Waals surface area contributed by atoms with Crippen LogP contribution in [0.1, 0.15) is 54.2 Å². The number of hydrogen-bond acceptors (Lipinski definition) is 6. The Morgan fingerprint density at radius 3 is 2.61 bits per heavy atom. The van der Waals surface area contributed by atoms with Crippen LogP contribution in [0.4, 0.5) is 5.95 Å². The lowest BCUT2D eigenvalue weighted by atomic mass is 9.91. The van der Waals surface area contributed by atoms with E-state index in [0.717, 1.165) is 68.7 Å². The number of benzene rings is 1. The molecule has 176 valence electrons. The third-order valence-corrected chi connectivity index (χ3v) is 7.27. The Labute approximate surface area is 196 Å². The molecule has 5 rings (SSSR count). The van der Waals surface area contributed by atoms with Crippen molar-refractivity contribution in [3.05, 3.63) is 47.3 Å². The van der Waals surface area contributed by atoms with Gasteiger partial charge in [-0.05, 0) is 43.4 Å². The maximum atomic E-state index is 13.3. The number of amides is 1. The molecule has 1 saturated heterocycles. The van der Waals surface area contributed by atoms with Gasteiger partial charge in [-0.2, -0.15) is 0 Å². The number of aromatic nitrogens is 2. The van der Waals surface area contributed by atoms with E-state index in [1.54, 1.807) is 0 Å². The van der Waals surface area contributed by atoms with E-state index in [4.69, 9.17) is 14.7 Å². The monoisotopic (exact) mass is 449 g/mol. The van der Waals surface area contributed by atoms with Crippen LogP contribution in [0, 0.1) is 0 Å². The molecule has 1 aromatic carbocycles. The van der Waals surface area contributed by atoms with Gasteiger partial charge >= 0.3 is 0 Å². The van der Waals surface area contributed by atoms with E-state index in [2.05, 4.69) is 16.7 Å². The highest BCUT2D eigenvalue weighted by atomic mass is 16.5. The summed E-state index contributed by atoms with van der Waals surface area (Å²) in [5.41, 5.74) is 2.90. The second-order valence-electron chi connectivity index (χ2n) is 9.39. The number of carbonyl (C=O) groups is 1. The van der Waals surface area contributed by atoms with Crippen molar-refractivity contribution in [1.29, 1.82) is 0 Å². The second kappa shape index (κ2) is 10.1. The van der Waals surface area contributed by atoms with Crippen LogP contribution in [-0.4, -0.2) is 77.6 Å². The van der Waals surface area contributed by atoms with Crippen LogP contribution in [-0.2, 0) is 12.8 Å². The highest BCUT2D eigenvalue weighted by Gasteiger charge is 2.29. The molecule has 2 aromatic rings. The molecule has 33 heavy (non-hydrogen) atoms. The minimum Gasteiger partial charge on any atom is -0.493 e. The minimum absolute atomic E-state index is 0.0369. The molecule has 0 radical (unpaired) electrons. The molecule has 0 N–H and O–H groups in total. The van der Waals surface area contributed by atoms with E-state index in [9.17, 15) is 4.79 Å². The van der Waals surface area contributed by atoms with Crippen LogP contribution in [0.2, 0.25) is 0 Å². The van der Waals surface area contributed by atoms with Gasteiger partial charge in [0.2, 0.25) is 5.95 Å². The minimum atomic E-state index is 0.0369. The van der Waals surface area contributed by atoms with Crippen molar-refractivity contribution in [1.82, 2.24) is 19.8 Å². The molecule has 0 spiro atoms. The van der Waals surface area contributed by atoms with E-state index < -0.39 is 0 Å². The van der Waals surface area contributed by atoms with Crippen molar-refractivity contribution < 1.29 is 9.53 Å². The summed E-state index contributed by atoms with van der Waals surface area (Å²) in [6, 6.07) is 8.38. The molecule has 1 saturated carbocycles. The van der Waals surface area contributed by atoms with Crippen LogP contribution in [0.15, 0.2) is 30.5 Å². The molecule has 3 heterocycles. The van der Waals surface area contributed by atoms with Crippen molar-refractivity contribution >= 4 is 11.9 Å². The number of para-hydroxylation sites is 1. The summed E-state index contributed by atoms with van der Waals surface area (Å²) in [6.45, 7) is 8.22. The zero-order chi connectivity index (χ0) is 22.6. The smallest absolute Gasteiger partial charge is 0.257 e. The van der Waals surface area contributed by atoms with Crippen LogP contribution < -0.4 is 9.64 Å². The summed E-state index contributed by atoms with van der Waals surface area (Å²) in [6.07, 6.45) is 8.56. The Bertz CT molecular complexity index is 969. The summed E-state index contributed by atoms with van der Waals surface area (Å²) in [4.78, 5) is 29.9. The first-order chi connectivity index (χ1) is 16.2. The molecule has 3 aliphatic rings. The van der Waals surface area contributed by atoms with Gasteiger partial charge < -0.3 is 14.5 Å². The Hall–Kier alpha value is -2.67. The van der Waals surface area contributed by atoms with E-state index >= 15 is 0 Å². The van der Waals surface area contributed by atoms with Gasteiger partial charge in [0.1, 0.15) is 5.75 Å². The predicted octanol–water partition coefficient (Wildman–Crippen LogP) is 3.18. The number of carbonyl (C=O) groups excluding carboxylic acids is 1. The lowest BCUT2D eigenvalue weighted by Gasteiger charge is -2.43. The summed E-state index contributed by atoms with van der Waals surface area (Å²) in [7, 11) is 0. The number of ether oxygens (including phenoxy) is 1. The van der Waals surface area contributed by atoms with Gasteiger partial charge in [0.25, 0.3) is 5.91 Å². The van der Waals surface area contributed by atoms with Crippen molar-refractivity contribution in [2.45, 2.75) is 51.5 Å². The number of piperazine rings is 1. The number of anilines is 1. The standard InChI is InChI=1S/C26H35N5O2/c1-2-18-33-24-9-4-3-8-22(24)25(32)30-12-10-20-19-27-26(28-23(20)11-13-30)31-16-14-29(15-17-31)21-6-5-7-21/h3-4,8-9,19,21H,2,5-7,10-18H2,1H3. The van der Waals surface area contributed by atoms with Gasteiger partial charge in [-0.3, -0.25) is 9.69 Å². The number of fused-ring (bicyclic) bond motifs is 1. The lowest BCUT2D eigenvalue weighted by Crippen LogP contribution is -2.52. The summed E-state index contributed by atoms with van der Waals surface area (Å²) < 4.78 is 5.83. The molecule has 2 aliphatic heterocycles. The van der Waals surface area contributed by atoms with Crippen molar-refractivity contribution in [2.24, 2.45) is 0 Å². The number of nitrogens with zero attached hydrogens (tertiary/aromatic N) is 5. The molecule has 2 fully saturated rings. The molecule has 7 nitrogen and oxygen atoms in total. The molecule has 1 aromatic heterocycles. The molecule has 1 amide bonds. The predicted molar refractivity (Wildman–Crippen MR) is 129 cm³/mol. The third kappa shape index (κ3) is 4.83. The average molecular weight is 450 g/mol. The van der Waals surface area contributed by atoms with Crippen LogP contribution in [0.5, 0.6) is 5.75 Å². The van der Waals surface area contributed by atoms with Crippen molar-refractivity contribution in [3.8, 4) is 5.75 Å². The van der Waals surface area contributed by atoms with Gasteiger partial charge in [-0.25, -0.2) is 9.97 Å². The molecule has 0 bridgehead atoms. The van der Waals surface area contributed by atoms with Gasteiger partial charge in [0.15, 0.2) is 0 Å². The molecule has 0 atom stereocenters. The summed E-state index contributed by atoms with van der Waals surface area (Å²) >= 11 is 0. The summed E-state index contributed by atoms with van der Waals surface area (Å²) in [5, 5.41) is 0. The van der Waals surface area contributed by atoms with Crippen LogP contribution in [0.3, 0.4) is 0 Å². The topological polar surface area (TPSA) is 61.8 Å². The van der Waals surface area contributed by atoms with Crippen molar-refractivity contribution in [2.75, 3.05) is 50.8 Å². The fourth-order valence-electron chi connectivity index (χ4n) is 5.01. The molecule has 7 heteroatoms. The van der Waals surface area contributed by atoms with E-state index in [1.165, 1.54) is 19.3 Å². The lowest BCUT2D eigenvalue weighted by molar-refractivity contribution is 0.0758. The molecular weight excluding hydrogens is 414 g/mol. The van der Waals surface area contributed by atoms with Gasteiger partial charge in [-0.15, -0.1) is 0 Å². The largest absolute Gasteiger partial charge is 0.493 e. The fraction of sp³-hybridized carbons (Fsp3) is 0.577. The average Bonchev–Trinajstić information content (AvgIpc) is 3.04. The molecule has 1 aliphatic carbocycles. The Morgan fingerprint density at radius 1 is 1.06 bits per heavy atom. The third-order valence-electron chi connectivity index (χ3n) is 7.27. The van der Waals surface area contributed by atoms with Crippen molar-refractivity contribution in [3.63, 3.8) is 0 Å². The maximum absolute atomic E-state index is 13.3.